The van der Waals surface area contributed by atoms with E-state index in [2.05, 4.69) is 0 Å². The van der Waals surface area contributed by atoms with E-state index in [4.69, 9.17) is 0 Å². The first-order valence-electron chi connectivity index (χ1n) is 9.62. The highest BCUT2D eigenvalue weighted by Crippen LogP contribution is 2.37. The molecule has 0 radical (unpaired) electrons. The molecule has 1 N–H and O–H groups in total. The molecule has 0 unspecified atom stereocenters. The zero-order valence-electron chi connectivity index (χ0n) is 17.2. The van der Waals surface area contributed by atoms with Crippen LogP contribution in [0.2, 0.25) is 0 Å². The minimum atomic E-state index is -5.23. The number of likely N-dealkylation sites (tertiary alicyclic amines) is 1. The summed E-state index contributed by atoms with van der Waals surface area (Å²) in [6, 6.07) is 2.75. The van der Waals surface area contributed by atoms with Gasteiger partial charge in [-0.1, -0.05) is 12.1 Å². The second-order valence-electron chi connectivity index (χ2n) is 7.73. The number of rotatable bonds is 5. The number of amides is 1. The van der Waals surface area contributed by atoms with Crippen LogP contribution in [0, 0.1) is 0 Å². The number of nitrogens with zero attached hydrogens (tertiary/aromatic N) is 1. The van der Waals surface area contributed by atoms with E-state index in [1.54, 1.807) is 0 Å². The van der Waals surface area contributed by atoms with E-state index in [1.807, 2.05) is 4.72 Å². The Hall–Kier alpha value is -2.81. The molecule has 1 amide bonds. The topological polar surface area (TPSA) is 66.5 Å². The maximum absolute atomic E-state index is 13.0. The van der Waals surface area contributed by atoms with Crippen LogP contribution >= 0.6 is 0 Å². The normalized spacial score (nSPS) is 15.7. The van der Waals surface area contributed by atoms with Crippen LogP contribution in [0.3, 0.4) is 0 Å². The van der Waals surface area contributed by atoms with Gasteiger partial charge >= 0.3 is 18.5 Å². The number of halogens is 9. The van der Waals surface area contributed by atoms with E-state index in [1.165, 1.54) is 0 Å². The highest BCUT2D eigenvalue weighted by Gasteiger charge is 2.40. The molecule has 0 aliphatic carbocycles. The summed E-state index contributed by atoms with van der Waals surface area (Å²) in [6.45, 7) is -0.465. The third kappa shape index (κ3) is 6.45. The molecule has 1 fully saturated rings. The molecule has 0 spiro atoms. The minimum Gasteiger partial charge on any atom is -0.339 e. The maximum atomic E-state index is 13.0. The van der Waals surface area contributed by atoms with Crippen molar-refractivity contribution < 1.29 is 52.7 Å². The largest absolute Gasteiger partial charge is 0.416 e. The lowest BCUT2D eigenvalue weighted by Crippen LogP contribution is -2.61. The van der Waals surface area contributed by atoms with E-state index in [0.717, 1.165) is 29.2 Å². The van der Waals surface area contributed by atoms with Crippen LogP contribution in [0.15, 0.2) is 47.4 Å². The quantitative estimate of drug-likeness (QED) is 0.576. The van der Waals surface area contributed by atoms with Crippen molar-refractivity contribution in [2.24, 2.45) is 0 Å². The molecular formula is C20H15F9N2O3S. The minimum absolute atomic E-state index is 0.0732. The Bertz CT molecular complexity index is 1170. The molecule has 0 atom stereocenters. The fourth-order valence-electron chi connectivity index (χ4n) is 3.22. The van der Waals surface area contributed by atoms with Crippen LogP contribution < -0.4 is 4.72 Å². The third-order valence-corrected chi connectivity index (χ3v) is 6.56. The highest BCUT2D eigenvalue weighted by atomic mass is 32.2. The average molecular weight is 534 g/mol. The molecule has 1 saturated heterocycles. The van der Waals surface area contributed by atoms with E-state index in [-0.39, 0.29) is 43.3 Å². The number of hydrogen-bond donors (Lipinski definition) is 1. The first kappa shape index (κ1) is 26.8. The molecular weight excluding hydrogens is 519 g/mol. The maximum Gasteiger partial charge on any atom is 0.416 e. The zero-order valence-corrected chi connectivity index (χ0v) is 18.0. The first-order valence-corrected chi connectivity index (χ1v) is 11.1. The number of hydrogen-bond acceptors (Lipinski definition) is 3. The van der Waals surface area contributed by atoms with Gasteiger partial charge in [0.2, 0.25) is 15.9 Å². The number of benzene rings is 2. The third-order valence-electron chi connectivity index (χ3n) is 5.06. The van der Waals surface area contributed by atoms with Crippen molar-refractivity contribution in [3.8, 4) is 0 Å². The second-order valence-corrected chi connectivity index (χ2v) is 9.44. The number of alkyl halides is 9. The van der Waals surface area contributed by atoms with Crippen LogP contribution in [-0.4, -0.2) is 38.4 Å². The molecule has 1 aliphatic rings. The van der Waals surface area contributed by atoms with Crippen molar-refractivity contribution in [1.29, 1.82) is 0 Å². The van der Waals surface area contributed by atoms with Crippen LogP contribution in [0.1, 0.15) is 22.3 Å². The lowest BCUT2D eigenvalue weighted by Gasteiger charge is -2.39. The summed E-state index contributed by atoms with van der Waals surface area (Å²) in [5, 5.41) is 0. The SMILES string of the molecule is O=C(Cc1ccc(C(F)(F)F)cc1)N1CC(NS(=O)(=O)c2cc(C(F)(F)F)cc(C(F)(F)F)c2)C1. The standard InChI is InChI=1S/C20H15F9N2O3S/c21-18(22,23)12-3-1-11(2-4-12)5-17(32)31-9-15(10-31)30-35(33,34)16-7-13(19(24,25)26)6-14(8-16)20(27,28)29/h1-4,6-8,15,30H,5,9-10H2. The predicted molar refractivity (Wildman–Crippen MR) is 102 cm³/mol. The Morgan fingerprint density at radius 3 is 1.69 bits per heavy atom. The number of carbonyl (C=O) groups excluding carboxylic acids is 1. The van der Waals surface area contributed by atoms with Crippen LogP contribution in [0.4, 0.5) is 39.5 Å². The van der Waals surface area contributed by atoms with Crippen LogP contribution in [-0.2, 0) is 39.8 Å². The fraction of sp³-hybridized carbons (Fsp3) is 0.350. The summed E-state index contributed by atoms with van der Waals surface area (Å²) in [6.07, 6.45) is -15.3. The monoisotopic (exact) mass is 534 g/mol. The summed E-state index contributed by atoms with van der Waals surface area (Å²) in [5.74, 6) is -0.557. The summed E-state index contributed by atoms with van der Waals surface area (Å²) in [7, 11) is -4.81. The lowest BCUT2D eigenvalue weighted by atomic mass is 10.1. The molecule has 0 bridgehead atoms. The fourth-order valence-corrected chi connectivity index (χ4v) is 4.51. The Labute approximate surface area is 192 Å². The van der Waals surface area contributed by atoms with Crippen molar-refractivity contribution in [1.82, 2.24) is 9.62 Å². The smallest absolute Gasteiger partial charge is 0.339 e. The molecule has 5 nitrogen and oxygen atoms in total. The molecule has 3 rings (SSSR count). The van der Waals surface area contributed by atoms with Gasteiger partial charge in [-0.05, 0) is 35.9 Å². The van der Waals surface area contributed by atoms with Crippen molar-refractivity contribution in [2.75, 3.05) is 13.1 Å². The van der Waals surface area contributed by atoms with Gasteiger partial charge in [0.05, 0.1) is 34.0 Å². The van der Waals surface area contributed by atoms with Gasteiger partial charge in [-0.15, -0.1) is 0 Å². The van der Waals surface area contributed by atoms with Crippen LogP contribution in [0.5, 0.6) is 0 Å². The van der Waals surface area contributed by atoms with Crippen LogP contribution in [0.25, 0.3) is 0 Å². The Balaban J connectivity index is 1.66. The second kappa shape index (κ2) is 9.00. The van der Waals surface area contributed by atoms with E-state index in [0.29, 0.717) is 0 Å². The van der Waals surface area contributed by atoms with Gasteiger partial charge in [0.15, 0.2) is 0 Å². The van der Waals surface area contributed by atoms with E-state index < -0.39 is 62.1 Å². The number of sulfonamides is 1. The first-order chi connectivity index (χ1) is 15.9. The molecule has 0 aromatic heterocycles. The number of nitrogens with one attached hydrogen (secondary N) is 1. The molecule has 2 aromatic rings. The molecule has 2 aromatic carbocycles. The summed E-state index contributed by atoms with van der Waals surface area (Å²) < 4.78 is 142. The molecule has 35 heavy (non-hydrogen) atoms. The van der Waals surface area contributed by atoms with Crippen molar-refractivity contribution >= 4 is 15.9 Å². The lowest BCUT2D eigenvalue weighted by molar-refractivity contribution is -0.143. The van der Waals surface area contributed by atoms with Gasteiger partial charge < -0.3 is 4.90 Å². The van der Waals surface area contributed by atoms with E-state index >= 15 is 0 Å². The van der Waals surface area contributed by atoms with E-state index in [9.17, 15) is 52.7 Å². The molecule has 15 heteroatoms. The van der Waals surface area contributed by atoms with Gasteiger partial charge in [-0.2, -0.15) is 39.5 Å². The van der Waals surface area contributed by atoms with Gasteiger partial charge in [0, 0.05) is 13.1 Å². The van der Waals surface area contributed by atoms with Gasteiger partial charge in [-0.3, -0.25) is 4.79 Å². The van der Waals surface area contributed by atoms with Crippen molar-refractivity contribution in [3.63, 3.8) is 0 Å². The Morgan fingerprint density at radius 1 is 0.800 bits per heavy atom. The number of carbonyl (C=O) groups is 1. The zero-order chi connectivity index (χ0) is 26.4. The Kier molecular flexibility index (Phi) is 6.89. The summed E-state index contributed by atoms with van der Waals surface area (Å²) >= 11 is 0. The molecule has 0 saturated carbocycles. The predicted octanol–water partition coefficient (Wildman–Crippen LogP) is 4.47. The van der Waals surface area contributed by atoms with Gasteiger partial charge in [-0.25, -0.2) is 13.1 Å². The average Bonchev–Trinajstić information content (AvgIpc) is 2.68. The summed E-state index contributed by atoms with van der Waals surface area (Å²) in [4.78, 5) is 12.1. The van der Waals surface area contributed by atoms with Crippen molar-refractivity contribution in [2.45, 2.75) is 35.9 Å². The highest BCUT2D eigenvalue weighted by molar-refractivity contribution is 7.89. The van der Waals surface area contributed by atoms with Gasteiger partial charge in [0.25, 0.3) is 0 Å². The molecule has 192 valence electrons. The molecule has 1 aliphatic heterocycles. The van der Waals surface area contributed by atoms with Gasteiger partial charge in [0.1, 0.15) is 0 Å². The summed E-state index contributed by atoms with van der Waals surface area (Å²) in [5.41, 5.74) is -4.24. The Morgan fingerprint density at radius 2 is 1.26 bits per heavy atom. The molecule has 1 heterocycles. The van der Waals surface area contributed by atoms with Crippen molar-refractivity contribution in [3.05, 3.63) is 64.7 Å².